The molecule has 1 heterocycles. The van der Waals surface area contributed by atoms with Crippen LogP contribution in [0, 0.1) is 11.8 Å². The minimum atomic E-state index is -1.27. The molecular formula is C8H13BO5. The third kappa shape index (κ3) is 1.65. The molecule has 0 amide bonds. The van der Waals surface area contributed by atoms with Crippen LogP contribution in [0.5, 0.6) is 0 Å². The molecule has 1 saturated heterocycles. The molecule has 2 rings (SSSR count). The van der Waals surface area contributed by atoms with Gasteiger partial charge in [-0.1, -0.05) is 0 Å². The Morgan fingerprint density at radius 1 is 1.64 bits per heavy atom. The Kier molecular flexibility index (Phi) is 2.51. The summed E-state index contributed by atoms with van der Waals surface area (Å²) >= 11 is 0. The summed E-state index contributed by atoms with van der Waals surface area (Å²) in [6.07, 6.45) is -0.157. The second-order valence-electron chi connectivity index (χ2n) is 3.91. The molecule has 2 N–H and O–H groups in total. The minimum Gasteiger partial charge on any atom is -0.463 e. The molecule has 78 valence electrons. The first-order chi connectivity index (χ1) is 6.61. The highest BCUT2D eigenvalue weighted by molar-refractivity contribution is 6.44. The molecule has 5 nitrogen and oxygen atoms in total. The quantitative estimate of drug-likeness (QED) is 0.453. The van der Waals surface area contributed by atoms with Crippen LogP contribution in [0.1, 0.15) is 6.92 Å². The van der Waals surface area contributed by atoms with Gasteiger partial charge in [0.1, 0.15) is 6.61 Å². The van der Waals surface area contributed by atoms with Crippen molar-refractivity contribution in [3.05, 3.63) is 0 Å². The fourth-order valence-corrected chi connectivity index (χ4v) is 2.30. The van der Waals surface area contributed by atoms with Crippen LogP contribution in [0.2, 0.25) is 5.82 Å². The molecule has 0 unspecified atom stereocenters. The first kappa shape index (κ1) is 9.95. The number of hydrogen-bond acceptors (Lipinski definition) is 5. The minimum absolute atomic E-state index is 0.0932. The van der Waals surface area contributed by atoms with E-state index >= 15 is 0 Å². The van der Waals surface area contributed by atoms with Crippen LogP contribution in [0.4, 0.5) is 0 Å². The van der Waals surface area contributed by atoms with Gasteiger partial charge in [0.05, 0.1) is 12.7 Å². The Morgan fingerprint density at radius 3 is 2.86 bits per heavy atom. The highest BCUT2D eigenvalue weighted by Gasteiger charge is 2.63. The summed E-state index contributed by atoms with van der Waals surface area (Å²) in [7, 11) is -1.27. The maximum atomic E-state index is 10.6. The van der Waals surface area contributed by atoms with Crippen LogP contribution in [0.25, 0.3) is 0 Å². The molecule has 0 spiro atoms. The molecule has 0 aromatic carbocycles. The molecule has 0 aromatic rings. The lowest BCUT2D eigenvalue weighted by molar-refractivity contribution is -0.144. The van der Waals surface area contributed by atoms with Gasteiger partial charge in [-0.3, -0.25) is 4.79 Å². The zero-order chi connectivity index (χ0) is 10.3. The molecular weight excluding hydrogens is 187 g/mol. The van der Waals surface area contributed by atoms with Crippen LogP contribution in [0.15, 0.2) is 0 Å². The largest absolute Gasteiger partial charge is 0.463 e. The van der Waals surface area contributed by atoms with Crippen molar-refractivity contribution in [1.82, 2.24) is 0 Å². The van der Waals surface area contributed by atoms with Crippen molar-refractivity contribution >= 4 is 13.1 Å². The van der Waals surface area contributed by atoms with Crippen molar-refractivity contribution < 1.29 is 24.3 Å². The van der Waals surface area contributed by atoms with Crippen LogP contribution in [-0.2, 0) is 14.3 Å². The zero-order valence-corrected chi connectivity index (χ0v) is 7.92. The van der Waals surface area contributed by atoms with Gasteiger partial charge in [0.2, 0.25) is 0 Å². The normalized spacial score (nSPS) is 39.1. The van der Waals surface area contributed by atoms with Crippen LogP contribution < -0.4 is 0 Å². The molecule has 6 heteroatoms. The van der Waals surface area contributed by atoms with Crippen LogP contribution in [-0.4, -0.2) is 42.5 Å². The van der Waals surface area contributed by atoms with Gasteiger partial charge in [-0.2, -0.15) is 0 Å². The van der Waals surface area contributed by atoms with E-state index < -0.39 is 7.12 Å². The summed E-state index contributed by atoms with van der Waals surface area (Å²) in [5, 5.41) is 18.0. The number of esters is 1. The molecule has 4 atom stereocenters. The summed E-state index contributed by atoms with van der Waals surface area (Å²) in [4.78, 5) is 10.6. The fraction of sp³-hybridized carbons (Fsp3) is 0.875. The Labute approximate surface area is 82.2 Å². The third-order valence-corrected chi connectivity index (χ3v) is 3.02. The second-order valence-corrected chi connectivity index (χ2v) is 3.91. The molecule has 1 aliphatic carbocycles. The van der Waals surface area contributed by atoms with Gasteiger partial charge in [0, 0.05) is 12.7 Å². The maximum absolute atomic E-state index is 10.6. The van der Waals surface area contributed by atoms with Gasteiger partial charge in [0.15, 0.2) is 0 Å². The highest BCUT2D eigenvalue weighted by atomic mass is 16.6. The van der Waals surface area contributed by atoms with Crippen molar-refractivity contribution in [3.63, 3.8) is 0 Å². The second kappa shape index (κ2) is 3.53. The predicted octanol–water partition coefficient (Wildman–Crippen LogP) is -0.963. The van der Waals surface area contributed by atoms with Gasteiger partial charge >= 0.3 is 13.1 Å². The molecule has 2 aliphatic rings. The summed E-state index contributed by atoms with van der Waals surface area (Å²) in [5.74, 6) is -0.0481. The van der Waals surface area contributed by atoms with Crippen molar-refractivity contribution in [3.8, 4) is 0 Å². The van der Waals surface area contributed by atoms with Gasteiger partial charge in [0.25, 0.3) is 0 Å². The van der Waals surface area contributed by atoms with E-state index in [1.54, 1.807) is 0 Å². The van der Waals surface area contributed by atoms with Crippen molar-refractivity contribution in [2.75, 3.05) is 13.2 Å². The van der Waals surface area contributed by atoms with E-state index in [1.165, 1.54) is 6.92 Å². The summed E-state index contributed by atoms with van der Waals surface area (Å²) in [6, 6.07) is 0. The van der Waals surface area contributed by atoms with Crippen LogP contribution in [0.3, 0.4) is 0 Å². The Morgan fingerprint density at radius 2 is 2.36 bits per heavy atom. The van der Waals surface area contributed by atoms with Gasteiger partial charge < -0.3 is 19.5 Å². The van der Waals surface area contributed by atoms with E-state index in [4.69, 9.17) is 19.5 Å². The SMILES string of the molecule is CC(=O)OC[C@@H]1OC[C@H]2[C@@H](B(O)O)[C@H]21. The lowest BCUT2D eigenvalue weighted by atomic mass is 9.80. The number of hydrogen-bond donors (Lipinski definition) is 2. The summed E-state index contributed by atoms with van der Waals surface area (Å²) in [5.41, 5.74) is 0. The first-order valence-corrected chi connectivity index (χ1v) is 4.72. The van der Waals surface area contributed by atoms with Crippen molar-refractivity contribution in [2.45, 2.75) is 18.8 Å². The van der Waals surface area contributed by atoms with Gasteiger partial charge in [-0.15, -0.1) is 0 Å². The number of carbonyl (C=O) groups is 1. The first-order valence-electron chi connectivity index (χ1n) is 4.72. The van der Waals surface area contributed by atoms with Gasteiger partial charge in [-0.25, -0.2) is 0 Å². The topological polar surface area (TPSA) is 76.0 Å². The smallest absolute Gasteiger partial charge is 0.455 e. The lowest BCUT2D eigenvalue weighted by Crippen LogP contribution is -2.25. The van der Waals surface area contributed by atoms with E-state index in [1.807, 2.05) is 0 Å². The number of carbonyl (C=O) groups excluding carboxylic acids is 1. The van der Waals surface area contributed by atoms with Crippen molar-refractivity contribution in [1.29, 1.82) is 0 Å². The standard InChI is InChI=1S/C8H13BO5/c1-4(10)13-3-6-7-5(2-14-6)8(7)9(11)12/h5-8,11-12H,2-3H2,1H3/t5-,6+,7-,8-/m1/s1. The van der Waals surface area contributed by atoms with E-state index in [2.05, 4.69) is 0 Å². The molecule has 0 radical (unpaired) electrons. The Hall–Kier alpha value is -0.585. The predicted molar refractivity (Wildman–Crippen MR) is 47.3 cm³/mol. The third-order valence-electron chi connectivity index (χ3n) is 3.02. The molecule has 0 aromatic heterocycles. The van der Waals surface area contributed by atoms with Gasteiger partial charge in [-0.05, 0) is 11.8 Å². The molecule has 1 saturated carbocycles. The highest BCUT2D eigenvalue weighted by Crippen LogP contribution is 2.59. The average Bonchev–Trinajstić information content (AvgIpc) is 2.68. The summed E-state index contributed by atoms with van der Waals surface area (Å²) in [6.45, 7) is 2.11. The Bertz CT molecular complexity index is 244. The number of rotatable bonds is 3. The molecule has 2 fully saturated rings. The van der Waals surface area contributed by atoms with E-state index in [9.17, 15) is 4.79 Å². The summed E-state index contributed by atoms with van der Waals surface area (Å²) < 4.78 is 10.2. The fourth-order valence-electron chi connectivity index (χ4n) is 2.30. The number of ether oxygens (including phenoxy) is 2. The monoisotopic (exact) mass is 200 g/mol. The van der Waals surface area contributed by atoms with Crippen molar-refractivity contribution in [2.24, 2.45) is 11.8 Å². The van der Waals surface area contributed by atoms with E-state index in [0.717, 1.165) is 0 Å². The number of fused-ring (bicyclic) bond motifs is 1. The van der Waals surface area contributed by atoms with E-state index in [0.29, 0.717) is 6.61 Å². The molecule has 14 heavy (non-hydrogen) atoms. The lowest BCUT2D eigenvalue weighted by Gasteiger charge is -2.14. The zero-order valence-electron chi connectivity index (χ0n) is 7.92. The maximum Gasteiger partial charge on any atom is 0.455 e. The molecule has 0 bridgehead atoms. The van der Waals surface area contributed by atoms with E-state index in [-0.39, 0.29) is 36.3 Å². The van der Waals surface area contributed by atoms with Crippen LogP contribution >= 0.6 is 0 Å². The molecule has 1 aliphatic heterocycles. The average molecular weight is 200 g/mol. The Balaban J connectivity index is 1.82.